The Kier molecular flexibility index (Phi) is 7.46. The van der Waals surface area contributed by atoms with Crippen molar-refractivity contribution in [3.63, 3.8) is 0 Å². The first-order chi connectivity index (χ1) is 18.5. The average molecular weight is 577 g/mol. The number of hydrogen-bond acceptors (Lipinski definition) is 7. The number of carbonyl (C=O) groups is 2. The van der Waals surface area contributed by atoms with Crippen molar-refractivity contribution in [1.82, 2.24) is 35.8 Å². The maximum atomic E-state index is 13.4. The smallest absolute Gasteiger partial charge is 0.364 e. The van der Waals surface area contributed by atoms with Crippen molar-refractivity contribution in [2.24, 2.45) is 0 Å². The van der Waals surface area contributed by atoms with E-state index in [1.165, 1.54) is 13.0 Å². The van der Waals surface area contributed by atoms with Gasteiger partial charge in [0, 0.05) is 0 Å². The predicted molar refractivity (Wildman–Crippen MR) is 125 cm³/mol. The van der Waals surface area contributed by atoms with Crippen LogP contribution >= 0.6 is 0 Å². The topological polar surface area (TPSA) is 138 Å². The lowest BCUT2D eigenvalue weighted by Crippen LogP contribution is -2.44. The second-order valence-electron chi connectivity index (χ2n) is 9.81. The fourth-order valence-electron chi connectivity index (χ4n) is 3.95. The monoisotopic (exact) mass is 577 g/mol. The lowest BCUT2D eigenvalue weighted by molar-refractivity contribution is -0.265. The van der Waals surface area contributed by atoms with Crippen LogP contribution in [0.15, 0.2) is 22.8 Å². The summed E-state index contributed by atoms with van der Waals surface area (Å²) in [6.07, 6.45) is -9.31. The number of carbonyl (C=O) groups excluding carboxylic acids is 2. The number of aryl methyl sites for hydroxylation is 1. The average Bonchev–Trinajstić information content (AvgIpc) is 3.57. The molecule has 0 radical (unpaired) electrons. The van der Waals surface area contributed by atoms with Gasteiger partial charge >= 0.3 is 18.4 Å². The van der Waals surface area contributed by atoms with Crippen LogP contribution < -0.4 is 10.6 Å². The van der Waals surface area contributed by atoms with Gasteiger partial charge in [-0.2, -0.15) is 26.3 Å². The van der Waals surface area contributed by atoms with Gasteiger partial charge in [0.2, 0.25) is 0 Å². The van der Waals surface area contributed by atoms with Crippen molar-refractivity contribution in [3.05, 3.63) is 41.0 Å². The Labute approximate surface area is 222 Å². The van der Waals surface area contributed by atoms with Gasteiger partial charge in [-0.1, -0.05) is 11.2 Å². The molecule has 1 fully saturated rings. The number of nitrogens with zero attached hydrogens (tertiary/aromatic N) is 4. The molecule has 1 aliphatic rings. The molecule has 0 aliphatic carbocycles. The summed E-state index contributed by atoms with van der Waals surface area (Å²) in [6, 6.07) is -0.193. The number of imidazole rings is 1. The Bertz CT molecular complexity index is 1400. The summed E-state index contributed by atoms with van der Waals surface area (Å²) in [5, 5.41) is 11.4. The SMILES string of the molecule is Cc1nonc1C(=O)N[C@@H](COC(C)(C)C(F)(F)F)c1nc2ccc([C@@H](C)N3C[C@@H](C(F)(F)F)NC3=O)cc2[nH]1. The molecule has 40 heavy (non-hydrogen) atoms. The highest BCUT2D eigenvalue weighted by molar-refractivity contribution is 5.93. The Balaban J connectivity index is 1.60. The zero-order valence-electron chi connectivity index (χ0n) is 21.6. The standard InChI is InChI=1S/C23H25F6N7O4/c1-10-17(35-40-34-10)19(37)32-15(9-39-21(3,4)23(27,28)29)18-30-13-6-5-12(7-14(13)31-18)11(2)36-8-16(22(24,25)26)33-20(36)38/h5-7,11,15-16H,8-9H2,1-4H3,(H,30,31)(H,32,37)(H,33,38)/t11-,15+,16+/m1/s1. The fraction of sp³-hybridized carbons (Fsp3) is 0.522. The number of aromatic amines is 1. The molecule has 3 atom stereocenters. The normalized spacial score (nSPS) is 18.2. The number of aromatic nitrogens is 4. The highest BCUT2D eigenvalue weighted by Gasteiger charge is 2.49. The van der Waals surface area contributed by atoms with Crippen LogP contribution in [-0.4, -0.2) is 74.3 Å². The summed E-state index contributed by atoms with van der Waals surface area (Å²) in [6.45, 7) is 3.46. The maximum Gasteiger partial charge on any atom is 0.416 e. The van der Waals surface area contributed by atoms with Gasteiger partial charge < -0.3 is 25.3 Å². The van der Waals surface area contributed by atoms with Crippen LogP contribution in [0, 0.1) is 6.92 Å². The molecule has 3 amide bonds. The number of hydrogen-bond donors (Lipinski definition) is 3. The maximum absolute atomic E-state index is 13.4. The number of H-pyrrole nitrogens is 1. The molecule has 1 saturated heterocycles. The number of ether oxygens (including phenoxy) is 1. The molecule has 11 nitrogen and oxygen atoms in total. The van der Waals surface area contributed by atoms with Crippen LogP contribution in [0.1, 0.15) is 60.4 Å². The van der Waals surface area contributed by atoms with E-state index in [1.54, 1.807) is 19.1 Å². The predicted octanol–water partition coefficient (Wildman–Crippen LogP) is 4.10. The number of fused-ring (bicyclic) bond motifs is 1. The van der Waals surface area contributed by atoms with Crippen molar-refractivity contribution >= 4 is 23.0 Å². The number of alkyl halides is 6. The van der Waals surface area contributed by atoms with Gasteiger partial charge in [-0.05, 0) is 50.5 Å². The lowest BCUT2D eigenvalue weighted by Gasteiger charge is -2.29. The summed E-state index contributed by atoms with van der Waals surface area (Å²) in [4.78, 5) is 33.3. The molecule has 0 unspecified atom stereocenters. The second kappa shape index (κ2) is 10.3. The van der Waals surface area contributed by atoms with Crippen LogP contribution in [0.3, 0.4) is 0 Å². The van der Waals surface area contributed by atoms with E-state index in [4.69, 9.17) is 4.74 Å². The lowest BCUT2D eigenvalue weighted by atomic mass is 10.1. The van der Waals surface area contributed by atoms with Gasteiger partial charge in [0.1, 0.15) is 23.6 Å². The van der Waals surface area contributed by atoms with E-state index in [1.807, 2.05) is 5.32 Å². The summed E-state index contributed by atoms with van der Waals surface area (Å²) in [5.41, 5.74) is -1.41. The highest BCUT2D eigenvalue weighted by atomic mass is 19.4. The molecule has 0 spiro atoms. The first-order valence-corrected chi connectivity index (χ1v) is 11.9. The molecule has 0 bridgehead atoms. The quantitative estimate of drug-likeness (QED) is 0.343. The van der Waals surface area contributed by atoms with Crippen LogP contribution in [0.5, 0.6) is 0 Å². The highest BCUT2D eigenvalue weighted by Crippen LogP contribution is 2.34. The number of halogens is 6. The second-order valence-corrected chi connectivity index (χ2v) is 9.81. The minimum Gasteiger partial charge on any atom is -0.364 e. The summed E-state index contributed by atoms with van der Waals surface area (Å²) < 4.78 is 89.1. The van der Waals surface area contributed by atoms with Crippen LogP contribution in [0.25, 0.3) is 11.0 Å². The molecule has 17 heteroatoms. The van der Waals surface area contributed by atoms with Crippen molar-refractivity contribution in [2.75, 3.05) is 13.2 Å². The Morgan fingerprint density at radius 2 is 1.93 bits per heavy atom. The summed E-state index contributed by atoms with van der Waals surface area (Å²) >= 11 is 0. The van der Waals surface area contributed by atoms with E-state index in [0.29, 0.717) is 16.6 Å². The van der Waals surface area contributed by atoms with Gasteiger partial charge in [-0.15, -0.1) is 0 Å². The number of nitrogens with one attached hydrogen (secondary N) is 3. The molecule has 1 aliphatic heterocycles. The summed E-state index contributed by atoms with van der Waals surface area (Å²) in [5.74, 6) is -0.762. The third kappa shape index (κ3) is 5.83. The molecule has 2 aromatic heterocycles. The zero-order chi connectivity index (χ0) is 29.6. The van der Waals surface area contributed by atoms with E-state index in [-0.39, 0.29) is 17.2 Å². The number of urea groups is 1. The number of rotatable bonds is 8. The van der Waals surface area contributed by atoms with Gasteiger partial charge in [0.15, 0.2) is 11.3 Å². The fourth-order valence-corrected chi connectivity index (χ4v) is 3.95. The van der Waals surface area contributed by atoms with E-state index >= 15 is 0 Å². The van der Waals surface area contributed by atoms with Crippen LogP contribution in [0.2, 0.25) is 0 Å². The van der Waals surface area contributed by atoms with Gasteiger partial charge in [-0.25, -0.2) is 14.4 Å². The van der Waals surface area contributed by atoms with Crippen LogP contribution in [0.4, 0.5) is 31.1 Å². The molecule has 0 saturated carbocycles. The van der Waals surface area contributed by atoms with E-state index in [2.05, 4.69) is 30.2 Å². The molecular formula is C23H25F6N7O4. The molecule has 3 heterocycles. The minimum absolute atomic E-state index is 0.0382. The molecule has 3 aromatic rings. The molecule has 4 rings (SSSR count). The van der Waals surface area contributed by atoms with E-state index < -0.39 is 61.2 Å². The van der Waals surface area contributed by atoms with Crippen molar-refractivity contribution in [1.29, 1.82) is 0 Å². The Morgan fingerprint density at radius 3 is 2.50 bits per heavy atom. The Morgan fingerprint density at radius 1 is 1.23 bits per heavy atom. The first-order valence-electron chi connectivity index (χ1n) is 11.9. The van der Waals surface area contributed by atoms with Gasteiger partial charge in [0.05, 0.1) is 30.2 Å². The molecule has 1 aromatic carbocycles. The van der Waals surface area contributed by atoms with E-state index in [0.717, 1.165) is 18.7 Å². The molecule has 3 N–H and O–H groups in total. The van der Waals surface area contributed by atoms with Crippen molar-refractivity contribution in [3.8, 4) is 0 Å². The van der Waals surface area contributed by atoms with Crippen molar-refractivity contribution in [2.45, 2.75) is 63.8 Å². The largest absolute Gasteiger partial charge is 0.416 e. The number of amides is 3. The van der Waals surface area contributed by atoms with Crippen LogP contribution in [-0.2, 0) is 4.74 Å². The van der Waals surface area contributed by atoms with Gasteiger partial charge in [-0.3, -0.25) is 4.79 Å². The summed E-state index contributed by atoms with van der Waals surface area (Å²) in [7, 11) is 0. The third-order valence-electron chi connectivity index (χ3n) is 6.60. The Hall–Kier alpha value is -3.89. The molecular weight excluding hydrogens is 552 g/mol. The first kappa shape index (κ1) is 29.1. The third-order valence-corrected chi connectivity index (χ3v) is 6.60. The van der Waals surface area contributed by atoms with Gasteiger partial charge in [0.25, 0.3) is 5.91 Å². The molecule has 218 valence electrons. The number of benzene rings is 1. The zero-order valence-corrected chi connectivity index (χ0v) is 21.6. The van der Waals surface area contributed by atoms with E-state index in [9.17, 15) is 35.9 Å². The van der Waals surface area contributed by atoms with Crippen molar-refractivity contribution < 1.29 is 45.3 Å². The minimum atomic E-state index is -4.71.